The molecular formula is C46H34N2O. The predicted molar refractivity (Wildman–Crippen MR) is 199 cm³/mol. The molecule has 0 N–H and O–H groups in total. The molecule has 2 heterocycles. The second-order valence-electron chi connectivity index (χ2n) is 13.3. The van der Waals surface area contributed by atoms with Gasteiger partial charge in [0.1, 0.15) is 17.3 Å². The summed E-state index contributed by atoms with van der Waals surface area (Å²) in [6.07, 6.45) is 10.9. The van der Waals surface area contributed by atoms with E-state index < -0.39 is 5.41 Å². The SMILES string of the molecule is C1=CC(n2c(-c3ccc(-c4ccc5c(c4)C4(c6ccccc6CC5)c5ccccc5Oc5ccccc54)cc3)nc3ccccc32)=CCC1. The van der Waals surface area contributed by atoms with Crippen molar-refractivity contribution in [2.45, 2.75) is 31.1 Å². The summed E-state index contributed by atoms with van der Waals surface area (Å²) in [5.41, 5.74) is 14.2. The van der Waals surface area contributed by atoms with E-state index in [0.29, 0.717) is 0 Å². The van der Waals surface area contributed by atoms with Crippen LogP contribution in [0.2, 0.25) is 0 Å². The summed E-state index contributed by atoms with van der Waals surface area (Å²) in [7, 11) is 0. The van der Waals surface area contributed by atoms with Crippen molar-refractivity contribution in [3.63, 3.8) is 0 Å². The first kappa shape index (κ1) is 28.1. The van der Waals surface area contributed by atoms with Crippen molar-refractivity contribution >= 4 is 16.7 Å². The molecule has 1 spiro atoms. The van der Waals surface area contributed by atoms with Crippen LogP contribution in [-0.4, -0.2) is 9.55 Å². The van der Waals surface area contributed by atoms with Gasteiger partial charge in [0.05, 0.1) is 16.4 Å². The third-order valence-corrected chi connectivity index (χ3v) is 10.7. The van der Waals surface area contributed by atoms with E-state index in [1.807, 2.05) is 0 Å². The van der Waals surface area contributed by atoms with Crippen LogP contribution in [0.5, 0.6) is 11.5 Å². The number of imidazole rings is 1. The van der Waals surface area contributed by atoms with E-state index in [-0.39, 0.29) is 0 Å². The summed E-state index contributed by atoms with van der Waals surface area (Å²) in [6.45, 7) is 0. The third kappa shape index (κ3) is 4.25. The number of para-hydroxylation sites is 4. The fourth-order valence-corrected chi connectivity index (χ4v) is 8.47. The molecule has 0 bridgehead atoms. The predicted octanol–water partition coefficient (Wildman–Crippen LogP) is 11.1. The van der Waals surface area contributed by atoms with Crippen LogP contribution in [0, 0.1) is 0 Å². The Hall–Kier alpha value is -5.93. The average Bonchev–Trinajstić information content (AvgIpc) is 3.50. The fourth-order valence-electron chi connectivity index (χ4n) is 8.47. The van der Waals surface area contributed by atoms with Crippen molar-refractivity contribution in [1.82, 2.24) is 9.55 Å². The molecule has 10 rings (SSSR count). The van der Waals surface area contributed by atoms with Crippen LogP contribution in [0.15, 0.2) is 158 Å². The summed E-state index contributed by atoms with van der Waals surface area (Å²) >= 11 is 0. The van der Waals surface area contributed by atoms with Crippen molar-refractivity contribution in [3.8, 4) is 34.0 Å². The quantitative estimate of drug-likeness (QED) is 0.194. The first-order valence-corrected chi connectivity index (χ1v) is 17.3. The molecule has 3 heteroatoms. The summed E-state index contributed by atoms with van der Waals surface area (Å²) < 4.78 is 8.91. The third-order valence-electron chi connectivity index (χ3n) is 10.7. The Morgan fingerprint density at radius 2 is 1.18 bits per heavy atom. The second kappa shape index (κ2) is 11.1. The van der Waals surface area contributed by atoms with Crippen LogP contribution < -0.4 is 4.74 Å². The Morgan fingerprint density at radius 3 is 1.94 bits per heavy atom. The minimum Gasteiger partial charge on any atom is -0.457 e. The molecule has 1 aromatic heterocycles. The van der Waals surface area contributed by atoms with E-state index in [9.17, 15) is 0 Å². The highest BCUT2D eigenvalue weighted by molar-refractivity contribution is 5.87. The largest absolute Gasteiger partial charge is 0.457 e. The molecule has 6 aromatic carbocycles. The summed E-state index contributed by atoms with van der Waals surface area (Å²) in [5, 5.41) is 0. The number of benzene rings is 6. The minimum atomic E-state index is -0.504. The number of hydrogen-bond acceptors (Lipinski definition) is 2. The molecule has 0 atom stereocenters. The number of fused-ring (bicyclic) bond motifs is 9. The van der Waals surface area contributed by atoms with Gasteiger partial charge in [-0.2, -0.15) is 0 Å². The Bertz CT molecular complexity index is 2430. The topological polar surface area (TPSA) is 27.1 Å². The zero-order chi connectivity index (χ0) is 32.4. The van der Waals surface area contributed by atoms with Crippen molar-refractivity contribution in [2.24, 2.45) is 0 Å². The van der Waals surface area contributed by atoms with Crippen LogP contribution in [-0.2, 0) is 18.3 Å². The van der Waals surface area contributed by atoms with Crippen LogP contribution in [0.1, 0.15) is 46.2 Å². The van der Waals surface area contributed by atoms with Crippen molar-refractivity contribution < 1.29 is 4.74 Å². The number of ether oxygens (including phenoxy) is 1. The van der Waals surface area contributed by atoms with Crippen LogP contribution in [0.3, 0.4) is 0 Å². The van der Waals surface area contributed by atoms with Gasteiger partial charge < -0.3 is 4.74 Å². The zero-order valence-electron chi connectivity index (χ0n) is 27.1. The molecular weight excluding hydrogens is 597 g/mol. The van der Waals surface area contributed by atoms with E-state index >= 15 is 0 Å². The molecule has 49 heavy (non-hydrogen) atoms. The number of aromatic nitrogens is 2. The van der Waals surface area contributed by atoms with Crippen LogP contribution in [0.4, 0.5) is 0 Å². The maximum atomic E-state index is 6.61. The lowest BCUT2D eigenvalue weighted by Crippen LogP contribution is -2.35. The second-order valence-corrected chi connectivity index (χ2v) is 13.3. The summed E-state index contributed by atoms with van der Waals surface area (Å²) in [6, 6.07) is 50.8. The molecule has 234 valence electrons. The Morgan fingerprint density at radius 1 is 0.551 bits per heavy atom. The van der Waals surface area contributed by atoms with Crippen LogP contribution in [0.25, 0.3) is 39.2 Å². The maximum Gasteiger partial charge on any atom is 0.145 e. The van der Waals surface area contributed by atoms with E-state index in [2.05, 4.69) is 162 Å². The molecule has 1 aliphatic heterocycles. The summed E-state index contributed by atoms with van der Waals surface area (Å²) in [5.74, 6) is 2.81. The molecule has 2 aliphatic carbocycles. The highest BCUT2D eigenvalue weighted by atomic mass is 16.5. The first-order valence-electron chi connectivity index (χ1n) is 17.3. The number of rotatable bonds is 3. The van der Waals surface area contributed by atoms with Gasteiger partial charge in [0, 0.05) is 22.4 Å². The van der Waals surface area contributed by atoms with Crippen molar-refractivity contribution in [1.29, 1.82) is 0 Å². The number of allylic oxidation sites excluding steroid dienone is 4. The van der Waals surface area contributed by atoms with Gasteiger partial charge in [0.25, 0.3) is 0 Å². The van der Waals surface area contributed by atoms with Gasteiger partial charge >= 0.3 is 0 Å². The summed E-state index contributed by atoms with van der Waals surface area (Å²) in [4.78, 5) is 5.13. The normalized spacial score (nSPS) is 15.4. The van der Waals surface area contributed by atoms with Gasteiger partial charge in [-0.3, -0.25) is 4.57 Å². The van der Waals surface area contributed by atoms with Crippen molar-refractivity contribution in [3.05, 3.63) is 191 Å². The average molecular weight is 631 g/mol. The first-order chi connectivity index (χ1) is 24.3. The molecule has 3 aliphatic rings. The lowest BCUT2D eigenvalue weighted by atomic mass is 9.62. The van der Waals surface area contributed by atoms with E-state index in [0.717, 1.165) is 59.6 Å². The highest BCUT2D eigenvalue weighted by Gasteiger charge is 2.48. The number of aryl methyl sites for hydroxylation is 2. The Balaban J connectivity index is 1.16. The van der Waals surface area contributed by atoms with E-state index in [1.54, 1.807) is 0 Å². The fraction of sp³-hybridized carbons (Fsp3) is 0.109. The molecule has 0 saturated heterocycles. The van der Waals surface area contributed by atoms with Gasteiger partial charge in [-0.15, -0.1) is 0 Å². The molecule has 0 unspecified atom stereocenters. The Labute approximate surface area is 286 Å². The van der Waals surface area contributed by atoms with E-state index in [4.69, 9.17) is 9.72 Å². The lowest BCUT2D eigenvalue weighted by Gasteiger charge is -2.42. The molecule has 0 fully saturated rings. The number of hydrogen-bond donors (Lipinski definition) is 0. The van der Waals surface area contributed by atoms with Gasteiger partial charge in [0.15, 0.2) is 0 Å². The van der Waals surface area contributed by atoms with Gasteiger partial charge in [0.2, 0.25) is 0 Å². The lowest BCUT2D eigenvalue weighted by molar-refractivity contribution is 0.434. The highest BCUT2D eigenvalue weighted by Crippen LogP contribution is 2.57. The maximum absolute atomic E-state index is 6.61. The number of nitrogens with zero attached hydrogens (tertiary/aromatic N) is 2. The molecule has 0 saturated carbocycles. The molecule has 3 nitrogen and oxygen atoms in total. The molecule has 0 amide bonds. The van der Waals surface area contributed by atoms with Gasteiger partial charge in [-0.05, 0) is 95.5 Å². The van der Waals surface area contributed by atoms with Crippen LogP contribution >= 0.6 is 0 Å². The molecule has 7 aromatic rings. The minimum absolute atomic E-state index is 0.504. The zero-order valence-corrected chi connectivity index (χ0v) is 27.1. The monoisotopic (exact) mass is 630 g/mol. The smallest absolute Gasteiger partial charge is 0.145 e. The molecule has 0 radical (unpaired) electrons. The van der Waals surface area contributed by atoms with Crippen molar-refractivity contribution in [2.75, 3.05) is 0 Å². The Kier molecular flexibility index (Phi) is 6.35. The van der Waals surface area contributed by atoms with E-state index in [1.165, 1.54) is 50.2 Å². The van der Waals surface area contributed by atoms with Gasteiger partial charge in [-0.1, -0.05) is 121 Å². The van der Waals surface area contributed by atoms with Gasteiger partial charge in [-0.25, -0.2) is 4.98 Å². The standard InChI is InChI=1S/C46H34N2O/c1-2-13-36(14-3-1)48-42-19-9-8-18-41(42)47-45(48)34-27-22-31(23-28-34)35-29-26-33-25-24-32-12-4-5-15-37(32)46(40(33)30-35)38-16-6-10-20-43(38)49-44-21-11-7-17-39(44)46/h2,4-23,26-30H,1,3,24-25H2.